The van der Waals surface area contributed by atoms with E-state index in [9.17, 15) is 16.8 Å². The number of hydrogen-bond acceptors (Lipinski definition) is 5. The Hall–Kier alpha value is -1.27. The van der Waals surface area contributed by atoms with E-state index in [1.807, 2.05) is 0 Å². The number of aryl methyl sites for hydroxylation is 2. The summed E-state index contributed by atoms with van der Waals surface area (Å²) in [6.45, 7) is 3.78. The molecule has 1 saturated heterocycles. The second kappa shape index (κ2) is 7.28. The van der Waals surface area contributed by atoms with Crippen molar-refractivity contribution in [3.05, 3.63) is 40.1 Å². The molecule has 0 aliphatic carbocycles. The first kappa shape index (κ1) is 20.5. The van der Waals surface area contributed by atoms with Crippen LogP contribution in [-0.4, -0.2) is 61.4 Å². The molecule has 0 radical (unpaired) electrons. The van der Waals surface area contributed by atoms with E-state index in [2.05, 4.69) is 21.0 Å². The van der Waals surface area contributed by atoms with Gasteiger partial charge in [0.2, 0.25) is 20.0 Å². The van der Waals surface area contributed by atoms with Gasteiger partial charge in [-0.3, -0.25) is 4.68 Å². The highest BCUT2D eigenvalue weighted by Crippen LogP contribution is 2.26. The van der Waals surface area contributed by atoms with Gasteiger partial charge in [0.25, 0.3) is 0 Å². The molecule has 0 N–H and O–H groups in total. The van der Waals surface area contributed by atoms with Crippen LogP contribution < -0.4 is 0 Å². The van der Waals surface area contributed by atoms with Crippen molar-refractivity contribution in [2.75, 3.05) is 26.2 Å². The molecule has 1 aromatic carbocycles. The number of sulfonamides is 2. The van der Waals surface area contributed by atoms with E-state index in [0.29, 0.717) is 15.9 Å². The number of nitrogens with zero attached hydrogens (tertiary/aromatic N) is 4. The summed E-state index contributed by atoms with van der Waals surface area (Å²) in [5.74, 6) is 0. The average Bonchev–Trinajstić information content (AvgIpc) is 2.87. The number of halogens is 1. The lowest BCUT2D eigenvalue weighted by molar-refractivity contribution is 0.272. The van der Waals surface area contributed by atoms with Crippen molar-refractivity contribution in [3.63, 3.8) is 0 Å². The molecule has 148 valence electrons. The normalized spacial score (nSPS) is 17.3. The van der Waals surface area contributed by atoms with Crippen LogP contribution >= 0.6 is 15.9 Å². The summed E-state index contributed by atoms with van der Waals surface area (Å²) >= 11 is 3.28. The van der Waals surface area contributed by atoms with Crippen molar-refractivity contribution in [1.29, 1.82) is 0 Å². The largest absolute Gasteiger partial charge is 0.271 e. The first-order chi connectivity index (χ1) is 12.5. The van der Waals surface area contributed by atoms with Crippen molar-refractivity contribution < 1.29 is 16.8 Å². The molecule has 1 fully saturated rings. The third-order valence-electron chi connectivity index (χ3n) is 4.67. The molecular formula is C16H21BrN4O4S2. The predicted octanol–water partition coefficient (Wildman–Crippen LogP) is 1.49. The van der Waals surface area contributed by atoms with Gasteiger partial charge in [-0.2, -0.15) is 13.7 Å². The summed E-state index contributed by atoms with van der Waals surface area (Å²) < 4.78 is 56.5. The summed E-state index contributed by atoms with van der Waals surface area (Å²) in [5, 5.41) is 4.17. The lowest BCUT2D eigenvalue weighted by Gasteiger charge is -2.33. The summed E-state index contributed by atoms with van der Waals surface area (Å²) in [5.41, 5.74) is 1.01. The predicted molar refractivity (Wildman–Crippen MR) is 104 cm³/mol. The molecule has 11 heteroatoms. The molecule has 1 aliphatic heterocycles. The molecule has 0 amide bonds. The van der Waals surface area contributed by atoms with E-state index in [-0.39, 0.29) is 36.0 Å². The molecule has 2 aromatic rings. The molecule has 3 rings (SSSR count). The number of aromatic nitrogens is 2. The molecule has 27 heavy (non-hydrogen) atoms. The standard InChI is InChI=1S/C16H21BrN4O4S2/c1-12-16(13(2)19(3)18-12)27(24,25)21-9-7-20(8-10-21)26(22,23)15-6-4-5-14(17)11-15/h4-6,11H,7-10H2,1-3H3. The van der Waals surface area contributed by atoms with Gasteiger partial charge < -0.3 is 0 Å². The highest BCUT2D eigenvalue weighted by Gasteiger charge is 2.36. The van der Waals surface area contributed by atoms with Crippen LogP contribution in [0.5, 0.6) is 0 Å². The highest BCUT2D eigenvalue weighted by molar-refractivity contribution is 9.10. The van der Waals surface area contributed by atoms with Gasteiger partial charge in [-0.05, 0) is 32.0 Å². The van der Waals surface area contributed by atoms with E-state index in [0.717, 1.165) is 0 Å². The first-order valence-electron chi connectivity index (χ1n) is 8.31. The van der Waals surface area contributed by atoms with Crippen LogP contribution in [0, 0.1) is 13.8 Å². The molecule has 0 saturated carbocycles. The zero-order valence-electron chi connectivity index (χ0n) is 15.3. The minimum Gasteiger partial charge on any atom is -0.271 e. The molecule has 1 aromatic heterocycles. The Bertz CT molecular complexity index is 1070. The fourth-order valence-corrected chi connectivity index (χ4v) is 7.02. The quantitative estimate of drug-likeness (QED) is 0.666. The Morgan fingerprint density at radius 1 is 0.963 bits per heavy atom. The minimum absolute atomic E-state index is 0.101. The topological polar surface area (TPSA) is 92.6 Å². The van der Waals surface area contributed by atoms with E-state index in [1.54, 1.807) is 39.1 Å². The molecule has 0 atom stereocenters. The summed E-state index contributed by atoms with van der Waals surface area (Å²) in [4.78, 5) is 0.389. The van der Waals surface area contributed by atoms with Gasteiger partial charge in [0.1, 0.15) is 4.90 Å². The smallest absolute Gasteiger partial charge is 0.246 e. The zero-order chi connectivity index (χ0) is 20.0. The third kappa shape index (κ3) is 3.70. The monoisotopic (exact) mass is 476 g/mol. The van der Waals surface area contributed by atoms with Crippen molar-refractivity contribution in [2.45, 2.75) is 23.6 Å². The van der Waals surface area contributed by atoms with Crippen molar-refractivity contribution >= 4 is 36.0 Å². The van der Waals surface area contributed by atoms with Crippen LogP contribution in [0.2, 0.25) is 0 Å². The van der Waals surface area contributed by atoms with Gasteiger partial charge in [-0.15, -0.1) is 0 Å². The maximum absolute atomic E-state index is 13.0. The van der Waals surface area contributed by atoms with Crippen molar-refractivity contribution in [2.24, 2.45) is 7.05 Å². The lowest BCUT2D eigenvalue weighted by atomic mass is 10.4. The number of piperazine rings is 1. The Morgan fingerprint density at radius 3 is 2.00 bits per heavy atom. The maximum atomic E-state index is 13.0. The van der Waals surface area contributed by atoms with Crippen LogP contribution in [0.25, 0.3) is 0 Å². The summed E-state index contributed by atoms with van der Waals surface area (Å²) in [7, 11) is -5.69. The third-order valence-corrected chi connectivity index (χ3v) is 9.21. The molecule has 0 unspecified atom stereocenters. The average molecular weight is 477 g/mol. The maximum Gasteiger partial charge on any atom is 0.246 e. The molecule has 1 aliphatic rings. The summed E-state index contributed by atoms with van der Waals surface area (Å²) in [6.07, 6.45) is 0. The van der Waals surface area contributed by atoms with E-state index in [1.165, 1.54) is 19.4 Å². The van der Waals surface area contributed by atoms with Crippen LogP contribution in [0.15, 0.2) is 38.5 Å². The Morgan fingerprint density at radius 2 is 1.52 bits per heavy atom. The molecule has 0 bridgehead atoms. The van der Waals surface area contributed by atoms with E-state index in [4.69, 9.17) is 0 Å². The van der Waals surface area contributed by atoms with Gasteiger partial charge in [0.15, 0.2) is 0 Å². The fraction of sp³-hybridized carbons (Fsp3) is 0.438. The molecule has 0 spiro atoms. The van der Waals surface area contributed by atoms with Gasteiger partial charge in [0.05, 0.1) is 16.3 Å². The summed E-state index contributed by atoms with van der Waals surface area (Å²) in [6, 6.07) is 6.49. The van der Waals surface area contributed by atoms with Crippen LogP contribution in [0.4, 0.5) is 0 Å². The van der Waals surface area contributed by atoms with Crippen molar-refractivity contribution in [3.8, 4) is 0 Å². The lowest BCUT2D eigenvalue weighted by Crippen LogP contribution is -2.50. The number of benzene rings is 1. The molecular weight excluding hydrogens is 456 g/mol. The number of hydrogen-bond donors (Lipinski definition) is 0. The Kier molecular flexibility index (Phi) is 5.52. The second-order valence-electron chi connectivity index (χ2n) is 6.39. The van der Waals surface area contributed by atoms with Crippen LogP contribution in [0.3, 0.4) is 0 Å². The second-order valence-corrected chi connectivity index (χ2v) is 11.1. The first-order valence-corrected chi connectivity index (χ1v) is 12.0. The van der Waals surface area contributed by atoms with E-state index < -0.39 is 20.0 Å². The fourth-order valence-electron chi connectivity index (χ4n) is 3.18. The van der Waals surface area contributed by atoms with Crippen LogP contribution in [-0.2, 0) is 27.1 Å². The van der Waals surface area contributed by atoms with Gasteiger partial charge in [-0.1, -0.05) is 22.0 Å². The SMILES string of the molecule is Cc1nn(C)c(C)c1S(=O)(=O)N1CCN(S(=O)(=O)c2cccc(Br)c2)CC1. The Labute approximate surface area is 168 Å². The minimum atomic E-state index is -3.72. The molecule has 2 heterocycles. The highest BCUT2D eigenvalue weighted by atomic mass is 79.9. The van der Waals surface area contributed by atoms with Gasteiger partial charge >= 0.3 is 0 Å². The zero-order valence-corrected chi connectivity index (χ0v) is 18.5. The molecule has 8 nitrogen and oxygen atoms in total. The van der Waals surface area contributed by atoms with Crippen LogP contribution in [0.1, 0.15) is 11.4 Å². The van der Waals surface area contributed by atoms with Gasteiger partial charge in [-0.25, -0.2) is 16.8 Å². The number of rotatable bonds is 4. The Balaban J connectivity index is 1.81. The van der Waals surface area contributed by atoms with Crippen molar-refractivity contribution in [1.82, 2.24) is 18.4 Å². The van der Waals surface area contributed by atoms with E-state index >= 15 is 0 Å². The van der Waals surface area contributed by atoms with Gasteiger partial charge in [0, 0.05) is 37.7 Å².